The number of nitrogens with one attached hydrogen (secondary N) is 1. The minimum atomic E-state index is -4.03. The Hall–Kier alpha value is -3.50. The normalized spacial score (nSPS) is 14.9. The van der Waals surface area contributed by atoms with Gasteiger partial charge in [0.25, 0.3) is 0 Å². The van der Waals surface area contributed by atoms with Gasteiger partial charge in [-0.25, -0.2) is 14.5 Å². The van der Waals surface area contributed by atoms with Crippen LogP contribution in [-0.4, -0.2) is 39.2 Å². The van der Waals surface area contributed by atoms with Crippen LogP contribution in [-0.2, 0) is 31.8 Å². The summed E-state index contributed by atoms with van der Waals surface area (Å²) < 4.78 is 33.0. The van der Waals surface area contributed by atoms with Gasteiger partial charge in [0.15, 0.2) is 5.82 Å². The van der Waals surface area contributed by atoms with Gasteiger partial charge in [-0.05, 0) is 39.0 Å². The van der Waals surface area contributed by atoms with Gasteiger partial charge in [-0.1, -0.05) is 36.4 Å². The Morgan fingerprint density at radius 1 is 1.11 bits per heavy atom. The van der Waals surface area contributed by atoms with E-state index < -0.39 is 25.8 Å². The number of nitrogens with zero attached hydrogens (tertiary/aromatic N) is 3. The van der Waals surface area contributed by atoms with Crippen LogP contribution < -0.4 is 21.1 Å². The lowest BCUT2D eigenvalue weighted by atomic mass is 10.2. The van der Waals surface area contributed by atoms with E-state index in [0.29, 0.717) is 29.5 Å². The van der Waals surface area contributed by atoms with Gasteiger partial charge in [-0.3, -0.25) is 9.32 Å². The Bertz CT molecular complexity index is 1440. The lowest BCUT2D eigenvalue weighted by Crippen LogP contribution is -2.39. The van der Waals surface area contributed by atoms with E-state index in [0.717, 1.165) is 16.4 Å². The summed E-state index contributed by atoms with van der Waals surface area (Å²) in [6.07, 6.45) is -0.659. The number of nitrogen functional groups attached to an aromatic ring is 1. The standard InChI is InChI=1S/C25H31N6O5P/c1-4-34-15-21-29-22-23(19-12-8-9-13-20(19)28-24(22)26)31(21)14-16(2)35-37(33,30-17(3)25(27)32)36-18-10-6-5-7-11-18/h5-13,16-17H,4,14-15H2,1-3H3,(H2,26,28)(H2,27,32)(H,30,33)/t16-,17+,37?/m1/s1. The van der Waals surface area contributed by atoms with Crippen molar-refractivity contribution in [1.82, 2.24) is 19.6 Å². The molecule has 4 rings (SSSR count). The zero-order valence-electron chi connectivity index (χ0n) is 21.0. The fourth-order valence-electron chi connectivity index (χ4n) is 3.93. The number of carbonyl (C=O) groups is 1. The minimum absolute atomic E-state index is 0.237. The number of aromatic nitrogens is 3. The Morgan fingerprint density at radius 2 is 1.81 bits per heavy atom. The molecular weight excluding hydrogens is 495 g/mol. The maximum Gasteiger partial charge on any atom is 0.459 e. The van der Waals surface area contributed by atoms with Crippen LogP contribution in [0.5, 0.6) is 5.75 Å². The van der Waals surface area contributed by atoms with Gasteiger partial charge in [0.05, 0.1) is 29.7 Å². The quantitative estimate of drug-likeness (QED) is 0.234. The maximum atomic E-state index is 13.8. The van der Waals surface area contributed by atoms with Crippen LogP contribution in [0, 0.1) is 0 Å². The van der Waals surface area contributed by atoms with Crippen molar-refractivity contribution in [1.29, 1.82) is 0 Å². The third kappa shape index (κ3) is 6.08. The molecule has 196 valence electrons. The first-order chi connectivity index (χ1) is 17.7. The third-order valence-electron chi connectivity index (χ3n) is 5.63. The van der Waals surface area contributed by atoms with Gasteiger partial charge in [-0.15, -0.1) is 0 Å². The molecule has 2 aromatic carbocycles. The Morgan fingerprint density at radius 3 is 2.51 bits per heavy atom. The molecule has 11 nitrogen and oxygen atoms in total. The van der Waals surface area contributed by atoms with Gasteiger partial charge in [0.2, 0.25) is 5.91 Å². The number of para-hydroxylation sites is 2. The smallest absolute Gasteiger partial charge is 0.413 e. The summed E-state index contributed by atoms with van der Waals surface area (Å²) in [5, 5.41) is 3.49. The summed E-state index contributed by atoms with van der Waals surface area (Å²) in [5.41, 5.74) is 13.7. The zero-order chi connectivity index (χ0) is 26.6. The lowest BCUT2D eigenvalue weighted by molar-refractivity contribution is -0.119. The number of carbonyl (C=O) groups excluding carboxylic acids is 1. The van der Waals surface area contributed by atoms with Crippen molar-refractivity contribution in [3.05, 3.63) is 60.4 Å². The molecule has 5 N–H and O–H groups in total. The van der Waals surface area contributed by atoms with Crippen molar-refractivity contribution in [2.75, 3.05) is 12.3 Å². The minimum Gasteiger partial charge on any atom is -0.413 e. The van der Waals surface area contributed by atoms with Crippen molar-refractivity contribution < 1.29 is 23.1 Å². The molecule has 2 aromatic heterocycles. The highest BCUT2D eigenvalue weighted by Gasteiger charge is 2.33. The van der Waals surface area contributed by atoms with Crippen LogP contribution in [0.3, 0.4) is 0 Å². The molecule has 0 spiro atoms. The molecule has 0 bridgehead atoms. The van der Waals surface area contributed by atoms with E-state index in [-0.39, 0.29) is 13.2 Å². The predicted molar refractivity (Wildman–Crippen MR) is 142 cm³/mol. The summed E-state index contributed by atoms with van der Waals surface area (Å²) in [4.78, 5) is 20.9. The molecule has 0 aliphatic carbocycles. The molecule has 0 saturated heterocycles. The van der Waals surface area contributed by atoms with E-state index in [1.165, 1.54) is 6.92 Å². The third-order valence-corrected chi connectivity index (χ3v) is 7.42. The van der Waals surface area contributed by atoms with Crippen LogP contribution in [0.1, 0.15) is 26.6 Å². The number of pyridine rings is 1. The molecule has 1 unspecified atom stereocenters. The van der Waals surface area contributed by atoms with Crippen LogP contribution >= 0.6 is 7.75 Å². The summed E-state index contributed by atoms with van der Waals surface area (Å²) >= 11 is 0. The number of anilines is 1. The first-order valence-electron chi connectivity index (χ1n) is 11.9. The van der Waals surface area contributed by atoms with Crippen LogP contribution in [0.25, 0.3) is 21.9 Å². The molecule has 0 aliphatic heterocycles. The number of nitrogens with two attached hydrogens (primary N) is 2. The van der Waals surface area contributed by atoms with E-state index >= 15 is 0 Å². The van der Waals surface area contributed by atoms with Crippen molar-refractivity contribution in [2.24, 2.45) is 5.73 Å². The average molecular weight is 527 g/mol. The maximum absolute atomic E-state index is 13.8. The number of hydrogen-bond acceptors (Lipinski definition) is 8. The Labute approximate surface area is 214 Å². The molecule has 0 fully saturated rings. The van der Waals surface area contributed by atoms with Gasteiger partial charge in [0.1, 0.15) is 23.7 Å². The first kappa shape index (κ1) is 26.6. The van der Waals surface area contributed by atoms with E-state index in [1.54, 1.807) is 37.3 Å². The number of primary amides is 1. The molecule has 2 heterocycles. The average Bonchev–Trinajstić information content (AvgIpc) is 3.21. The van der Waals surface area contributed by atoms with E-state index in [4.69, 9.17) is 30.2 Å². The second kappa shape index (κ2) is 11.3. The van der Waals surface area contributed by atoms with Gasteiger partial charge in [-0.2, -0.15) is 5.09 Å². The van der Waals surface area contributed by atoms with Gasteiger partial charge < -0.3 is 25.3 Å². The predicted octanol–water partition coefficient (Wildman–Crippen LogP) is 3.76. The van der Waals surface area contributed by atoms with E-state index in [2.05, 4.69) is 10.1 Å². The monoisotopic (exact) mass is 526 g/mol. The second-order valence-electron chi connectivity index (χ2n) is 8.56. The number of benzene rings is 2. The molecule has 3 atom stereocenters. The number of imidazole rings is 1. The molecular formula is C25H31N6O5P. The molecule has 0 radical (unpaired) electrons. The van der Waals surface area contributed by atoms with Crippen LogP contribution in [0.4, 0.5) is 5.82 Å². The SMILES string of the molecule is CCOCc1nc2c(N)nc3ccccc3c2n1C[C@@H](C)OP(=O)(N[C@@H](C)C(N)=O)Oc1ccccc1. The van der Waals surface area contributed by atoms with Gasteiger partial charge >= 0.3 is 7.75 Å². The lowest BCUT2D eigenvalue weighted by Gasteiger charge is -2.26. The zero-order valence-corrected chi connectivity index (χ0v) is 21.9. The first-order valence-corrected chi connectivity index (χ1v) is 13.5. The van der Waals surface area contributed by atoms with Crippen molar-refractivity contribution in [3.8, 4) is 5.75 Å². The molecule has 1 amide bonds. The van der Waals surface area contributed by atoms with E-state index in [1.807, 2.05) is 35.8 Å². The highest BCUT2D eigenvalue weighted by atomic mass is 31.2. The van der Waals surface area contributed by atoms with Crippen molar-refractivity contribution in [3.63, 3.8) is 0 Å². The second-order valence-corrected chi connectivity index (χ2v) is 10.2. The number of ether oxygens (including phenoxy) is 1. The highest BCUT2D eigenvalue weighted by Crippen LogP contribution is 2.46. The number of hydrogen-bond donors (Lipinski definition) is 3. The van der Waals surface area contributed by atoms with Crippen molar-refractivity contribution in [2.45, 2.75) is 46.1 Å². The Kier molecular flexibility index (Phi) is 8.09. The highest BCUT2D eigenvalue weighted by molar-refractivity contribution is 7.52. The topological polar surface area (TPSA) is 157 Å². The fraction of sp³-hybridized carbons (Fsp3) is 0.320. The molecule has 0 saturated carbocycles. The van der Waals surface area contributed by atoms with Crippen LogP contribution in [0.2, 0.25) is 0 Å². The Balaban J connectivity index is 1.71. The van der Waals surface area contributed by atoms with Crippen molar-refractivity contribution >= 4 is 41.4 Å². The summed E-state index contributed by atoms with van der Waals surface area (Å²) in [6, 6.07) is 15.2. The summed E-state index contributed by atoms with van der Waals surface area (Å²) in [7, 11) is -4.03. The molecule has 37 heavy (non-hydrogen) atoms. The summed E-state index contributed by atoms with van der Waals surface area (Å²) in [6.45, 7) is 6.11. The molecule has 12 heteroatoms. The van der Waals surface area contributed by atoms with Crippen LogP contribution in [0.15, 0.2) is 54.6 Å². The number of amides is 1. The number of rotatable bonds is 12. The largest absolute Gasteiger partial charge is 0.459 e. The number of fused-ring (bicyclic) bond motifs is 3. The van der Waals surface area contributed by atoms with Gasteiger partial charge in [0, 0.05) is 12.0 Å². The summed E-state index contributed by atoms with van der Waals surface area (Å²) in [5.74, 6) is 0.544. The molecule has 4 aromatic rings. The van der Waals surface area contributed by atoms with E-state index in [9.17, 15) is 9.36 Å². The fourth-order valence-corrected chi connectivity index (χ4v) is 5.63. The molecule has 0 aliphatic rings.